The van der Waals surface area contributed by atoms with E-state index in [0.717, 1.165) is 43.4 Å². The van der Waals surface area contributed by atoms with Crippen molar-refractivity contribution in [1.82, 2.24) is 0 Å². The maximum Gasteiger partial charge on any atom is 0.338 e. The van der Waals surface area contributed by atoms with Crippen molar-refractivity contribution in [1.29, 1.82) is 0 Å². The highest BCUT2D eigenvalue weighted by Crippen LogP contribution is 2.22. The summed E-state index contributed by atoms with van der Waals surface area (Å²) >= 11 is 0. The molecule has 0 spiro atoms. The molecule has 1 fully saturated rings. The van der Waals surface area contributed by atoms with Crippen LogP contribution in [-0.2, 0) is 9.53 Å². The summed E-state index contributed by atoms with van der Waals surface area (Å²) in [6.07, 6.45) is 9.49. The first-order chi connectivity index (χ1) is 14.7. The van der Waals surface area contributed by atoms with Crippen LogP contribution in [0.2, 0.25) is 0 Å². The minimum atomic E-state index is -0.302. The van der Waals surface area contributed by atoms with Crippen molar-refractivity contribution >= 4 is 23.6 Å². The number of anilines is 1. The molecule has 1 amide bonds. The number of esters is 1. The third-order valence-corrected chi connectivity index (χ3v) is 5.01. The maximum absolute atomic E-state index is 12.3. The van der Waals surface area contributed by atoms with Gasteiger partial charge in [-0.3, -0.25) is 4.79 Å². The van der Waals surface area contributed by atoms with Crippen LogP contribution in [0.4, 0.5) is 5.69 Å². The van der Waals surface area contributed by atoms with Crippen LogP contribution in [-0.4, -0.2) is 24.6 Å². The van der Waals surface area contributed by atoms with Gasteiger partial charge in [-0.05, 0) is 68.5 Å². The molecular formula is C25H29NO4. The molecule has 2 aromatic carbocycles. The highest BCUT2D eigenvalue weighted by Gasteiger charge is 2.18. The molecule has 1 aliphatic carbocycles. The molecule has 1 saturated carbocycles. The molecule has 3 rings (SSSR count). The van der Waals surface area contributed by atoms with E-state index in [1.165, 1.54) is 12.5 Å². The molecule has 30 heavy (non-hydrogen) atoms. The molecule has 0 bridgehead atoms. The van der Waals surface area contributed by atoms with Gasteiger partial charge in [0.15, 0.2) is 0 Å². The Labute approximate surface area is 178 Å². The zero-order chi connectivity index (χ0) is 21.2. The van der Waals surface area contributed by atoms with Gasteiger partial charge in [0.1, 0.15) is 11.9 Å². The van der Waals surface area contributed by atoms with E-state index in [0.29, 0.717) is 17.9 Å². The second-order valence-electron chi connectivity index (χ2n) is 7.45. The van der Waals surface area contributed by atoms with E-state index in [1.807, 2.05) is 31.2 Å². The van der Waals surface area contributed by atoms with Crippen LogP contribution in [0.25, 0.3) is 6.08 Å². The van der Waals surface area contributed by atoms with E-state index in [1.54, 1.807) is 30.3 Å². The van der Waals surface area contributed by atoms with Gasteiger partial charge in [0.25, 0.3) is 0 Å². The smallest absolute Gasteiger partial charge is 0.338 e. The van der Waals surface area contributed by atoms with E-state index in [-0.39, 0.29) is 18.0 Å². The third-order valence-electron chi connectivity index (χ3n) is 5.01. The van der Waals surface area contributed by atoms with Gasteiger partial charge in [0.2, 0.25) is 5.91 Å². The lowest BCUT2D eigenvalue weighted by Crippen LogP contribution is -2.20. The van der Waals surface area contributed by atoms with E-state index < -0.39 is 0 Å². The zero-order valence-electron chi connectivity index (χ0n) is 17.4. The number of carbonyl (C=O) groups excluding carboxylic acids is 2. The Morgan fingerprint density at radius 3 is 2.50 bits per heavy atom. The number of hydrogen-bond acceptors (Lipinski definition) is 4. The maximum atomic E-state index is 12.3. The van der Waals surface area contributed by atoms with E-state index in [2.05, 4.69) is 5.32 Å². The number of benzene rings is 2. The highest BCUT2D eigenvalue weighted by atomic mass is 16.5. The Morgan fingerprint density at radius 2 is 1.77 bits per heavy atom. The summed E-state index contributed by atoms with van der Waals surface area (Å²) in [6, 6.07) is 14.4. The number of carbonyl (C=O) groups is 2. The molecule has 5 nitrogen and oxygen atoms in total. The van der Waals surface area contributed by atoms with Crippen LogP contribution in [0.1, 0.15) is 61.4 Å². The van der Waals surface area contributed by atoms with Crippen LogP contribution in [0.3, 0.4) is 0 Å². The minimum Gasteiger partial charge on any atom is -0.493 e. The van der Waals surface area contributed by atoms with Crippen molar-refractivity contribution in [2.75, 3.05) is 11.9 Å². The summed E-state index contributed by atoms with van der Waals surface area (Å²) in [6.45, 7) is 2.68. The van der Waals surface area contributed by atoms with Crippen molar-refractivity contribution in [3.05, 3.63) is 65.7 Å². The van der Waals surface area contributed by atoms with Crippen LogP contribution in [0.15, 0.2) is 54.6 Å². The van der Waals surface area contributed by atoms with Gasteiger partial charge < -0.3 is 14.8 Å². The third kappa shape index (κ3) is 6.48. The van der Waals surface area contributed by atoms with Gasteiger partial charge >= 0.3 is 5.97 Å². The molecule has 158 valence electrons. The van der Waals surface area contributed by atoms with Gasteiger partial charge in [-0.15, -0.1) is 0 Å². The Balaban J connectivity index is 1.54. The quantitative estimate of drug-likeness (QED) is 0.456. The number of nitrogens with one attached hydrogen (secondary N) is 1. The molecule has 5 heteroatoms. The SMILES string of the molecule is CCCOc1ccccc1/C=C/C(=O)Nc1ccc(C(=O)OC2CCCCC2)cc1. The summed E-state index contributed by atoms with van der Waals surface area (Å²) in [4.78, 5) is 24.5. The Morgan fingerprint density at radius 1 is 1.03 bits per heavy atom. The van der Waals surface area contributed by atoms with Gasteiger partial charge in [0.05, 0.1) is 12.2 Å². The first-order valence-corrected chi connectivity index (χ1v) is 10.7. The number of ether oxygens (including phenoxy) is 2. The Bertz CT molecular complexity index is 867. The highest BCUT2D eigenvalue weighted by molar-refractivity contribution is 6.02. The predicted octanol–water partition coefficient (Wildman–Crippen LogP) is 5.62. The van der Waals surface area contributed by atoms with Gasteiger partial charge in [-0.25, -0.2) is 4.79 Å². The Kier molecular flexibility index (Phi) is 8.07. The molecule has 0 aliphatic heterocycles. The largest absolute Gasteiger partial charge is 0.493 e. The van der Waals surface area contributed by atoms with Crippen LogP contribution in [0, 0.1) is 0 Å². The fourth-order valence-electron chi connectivity index (χ4n) is 3.40. The lowest BCUT2D eigenvalue weighted by Gasteiger charge is -2.21. The summed E-state index contributed by atoms with van der Waals surface area (Å²) in [5.74, 6) is 0.199. The van der Waals surface area contributed by atoms with E-state index in [9.17, 15) is 9.59 Å². The fraction of sp³-hybridized carbons (Fsp3) is 0.360. The van der Waals surface area contributed by atoms with Crippen LogP contribution >= 0.6 is 0 Å². The molecule has 1 N–H and O–H groups in total. The molecule has 0 heterocycles. The summed E-state index contributed by atoms with van der Waals surface area (Å²) in [7, 11) is 0. The van der Waals surface area contributed by atoms with Crippen molar-refractivity contribution < 1.29 is 19.1 Å². The summed E-state index contributed by atoms with van der Waals surface area (Å²) in [5.41, 5.74) is 1.97. The average Bonchev–Trinajstić information content (AvgIpc) is 2.78. The van der Waals surface area contributed by atoms with Gasteiger partial charge in [-0.2, -0.15) is 0 Å². The average molecular weight is 408 g/mol. The second kappa shape index (κ2) is 11.2. The molecule has 0 unspecified atom stereocenters. The topological polar surface area (TPSA) is 64.6 Å². The van der Waals surface area contributed by atoms with Crippen molar-refractivity contribution in [2.24, 2.45) is 0 Å². The molecule has 1 aliphatic rings. The Hall–Kier alpha value is -3.08. The summed E-state index contributed by atoms with van der Waals surface area (Å²) < 4.78 is 11.3. The summed E-state index contributed by atoms with van der Waals surface area (Å²) in [5, 5.41) is 2.80. The molecule has 0 radical (unpaired) electrons. The van der Waals surface area contributed by atoms with Crippen molar-refractivity contribution in [3.63, 3.8) is 0 Å². The van der Waals surface area contributed by atoms with Crippen molar-refractivity contribution in [2.45, 2.75) is 51.6 Å². The van der Waals surface area contributed by atoms with E-state index in [4.69, 9.17) is 9.47 Å². The zero-order valence-corrected chi connectivity index (χ0v) is 17.4. The number of para-hydroxylation sites is 1. The van der Waals surface area contributed by atoms with Crippen molar-refractivity contribution in [3.8, 4) is 5.75 Å². The van der Waals surface area contributed by atoms with Gasteiger partial charge in [-0.1, -0.05) is 31.5 Å². The lowest BCUT2D eigenvalue weighted by molar-refractivity contribution is -0.111. The van der Waals surface area contributed by atoms with Gasteiger partial charge in [0, 0.05) is 17.3 Å². The normalized spacial score (nSPS) is 14.4. The van der Waals surface area contributed by atoms with Crippen LogP contribution < -0.4 is 10.1 Å². The second-order valence-corrected chi connectivity index (χ2v) is 7.45. The molecule has 0 atom stereocenters. The number of rotatable bonds is 8. The molecule has 0 saturated heterocycles. The first kappa shape index (κ1) is 21.6. The minimum absolute atomic E-state index is 0.0277. The molecule has 0 aromatic heterocycles. The molecule has 2 aromatic rings. The molecular weight excluding hydrogens is 378 g/mol. The number of hydrogen-bond donors (Lipinski definition) is 1. The monoisotopic (exact) mass is 407 g/mol. The number of amides is 1. The lowest BCUT2D eigenvalue weighted by atomic mass is 9.98. The first-order valence-electron chi connectivity index (χ1n) is 10.7. The fourth-order valence-corrected chi connectivity index (χ4v) is 3.40. The van der Waals surface area contributed by atoms with Crippen LogP contribution in [0.5, 0.6) is 5.75 Å². The van der Waals surface area contributed by atoms with E-state index >= 15 is 0 Å². The standard InChI is InChI=1S/C25H29NO4/c1-2-18-29-23-11-7-6-8-19(23)14-17-24(27)26-21-15-12-20(13-16-21)25(28)30-22-9-4-3-5-10-22/h6-8,11-17,22H,2-5,9-10,18H2,1H3,(H,26,27)/b17-14+. The predicted molar refractivity (Wildman–Crippen MR) is 119 cm³/mol.